The van der Waals surface area contributed by atoms with Crippen LogP contribution in [0.2, 0.25) is 0 Å². The van der Waals surface area contributed by atoms with Crippen molar-refractivity contribution in [3.05, 3.63) is 56.2 Å². The molecule has 0 fully saturated rings. The predicted molar refractivity (Wildman–Crippen MR) is 66.9 cm³/mol. The zero-order chi connectivity index (χ0) is 12.4. The molecule has 6 heteroatoms. The van der Waals surface area contributed by atoms with Crippen molar-refractivity contribution in [2.75, 3.05) is 0 Å². The SMILES string of the molecule is Cc1ccc(Cn2cc(Br)c([N+](=O)[O-])n2)cc1. The van der Waals surface area contributed by atoms with Gasteiger partial charge in [0.15, 0.2) is 0 Å². The molecule has 0 aliphatic heterocycles. The molecule has 0 saturated carbocycles. The maximum atomic E-state index is 10.6. The largest absolute Gasteiger partial charge is 0.404 e. The molecule has 0 N–H and O–H groups in total. The molecule has 17 heavy (non-hydrogen) atoms. The molecule has 1 aromatic carbocycles. The maximum Gasteiger partial charge on any atom is 0.404 e. The quantitative estimate of drug-likeness (QED) is 0.646. The minimum atomic E-state index is -0.504. The molecule has 0 unspecified atom stereocenters. The molecular formula is C11H10BrN3O2. The van der Waals surface area contributed by atoms with Crippen LogP contribution in [0, 0.1) is 17.0 Å². The molecule has 88 valence electrons. The average molecular weight is 296 g/mol. The van der Waals surface area contributed by atoms with Gasteiger partial charge in [-0.05, 0) is 33.3 Å². The van der Waals surface area contributed by atoms with Gasteiger partial charge in [0.1, 0.15) is 4.47 Å². The van der Waals surface area contributed by atoms with Crippen LogP contribution in [-0.4, -0.2) is 14.7 Å². The molecule has 1 heterocycles. The van der Waals surface area contributed by atoms with Crippen molar-refractivity contribution < 1.29 is 4.92 Å². The van der Waals surface area contributed by atoms with Gasteiger partial charge in [0.2, 0.25) is 0 Å². The fourth-order valence-electron chi connectivity index (χ4n) is 1.47. The number of rotatable bonds is 3. The summed E-state index contributed by atoms with van der Waals surface area (Å²) in [6, 6.07) is 7.97. The zero-order valence-electron chi connectivity index (χ0n) is 9.13. The molecule has 0 spiro atoms. The first kappa shape index (κ1) is 11.8. The second-order valence-corrected chi connectivity index (χ2v) is 4.60. The first-order valence-corrected chi connectivity index (χ1v) is 5.78. The van der Waals surface area contributed by atoms with Crippen LogP contribution in [0.3, 0.4) is 0 Å². The van der Waals surface area contributed by atoms with Crippen LogP contribution < -0.4 is 0 Å². The third kappa shape index (κ3) is 2.71. The number of hydrogen-bond acceptors (Lipinski definition) is 3. The standard InChI is InChI=1S/C11H10BrN3O2/c1-8-2-4-9(5-3-8)6-14-7-10(12)11(13-14)15(16)17/h2-5,7H,6H2,1H3. The van der Waals surface area contributed by atoms with Crippen LogP contribution >= 0.6 is 15.9 Å². The molecule has 0 bridgehead atoms. The van der Waals surface area contributed by atoms with E-state index < -0.39 is 4.92 Å². The topological polar surface area (TPSA) is 61.0 Å². The maximum absolute atomic E-state index is 10.6. The molecular weight excluding hydrogens is 286 g/mol. The van der Waals surface area contributed by atoms with E-state index in [1.165, 1.54) is 5.56 Å². The predicted octanol–water partition coefficient (Wildman–Crippen LogP) is 2.91. The van der Waals surface area contributed by atoms with Crippen molar-refractivity contribution >= 4 is 21.7 Å². The lowest BCUT2D eigenvalue weighted by Crippen LogP contribution is -2.01. The van der Waals surface area contributed by atoms with Crippen molar-refractivity contribution in [1.82, 2.24) is 9.78 Å². The van der Waals surface area contributed by atoms with Gasteiger partial charge in [-0.1, -0.05) is 29.8 Å². The molecule has 1 aromatic heterocycles. The Labute approximate surface area is 106 Å². The minimum absolute atomic E-state index is 0.155. The second kappa shape index (κ2) is 4.67. The van der Waals surface area contributed by atoms with Gasteiger partial charge in [-0.25, -0.2) is 0 Å². The summed E-state index contributed by atoms with van der Waals surface area (Å²) in [6.45, 7) is 2.53. The van der Waals surface area contributed by atoms with Crippen LogP contribution in [0.15, 0.2) is 34.9 Å². The highest BCUT2D eigenvalue weighted by Gasteiger charge is 2.18. The van der Waals surface area contributed by atoms with Gasteiger partial charge < -0.3 is 10.1 Å². The van der Waals surface area contributed by atoms with Gasteiger partial charge >= 0.3 is 5.82 Å². The summed E-state index contributed by atoms with van der Waals surface area (Å²) in [5.41, 5.74) is 2.24. The first-order valence-electron chi connectivity index (χ1n) is 4.99. The third-order valence-corrected chi connectivity index (χ3v) is 2.90. The molecule has 0 aliphatic carbocycles. The van der Waals surface area contributed by atoms with E-state index in [0.29, 0.717) is 11.0 Å². The smallest absolute Gasteiger partial charge is 0.358 e. The molecule has 0 amide bonds. The van der Waals surface area contributed by atoms with Gasteiger partial charge in [0.25, 0.3) is 0 Å². The molecule has 0 aliphatic rings. The fourth-order valence-corrected chi connectivity index (χ4v) is 1.93. The Bertz CT molecular complexity index is 548. The van der Waals surface area contributed by atoms with Crippen molar-refractivity contribution in [2.45, 2.75) is 13.5 Å². The zero-order valence-corrected chi connectivity index (χ0v) is 10.7. The van der Waals surface area contributed by atoms with E-state index in [4.69, 9.17) is 0 Å². The Balaban J connectivity index is 2.22. The van der Waals surface area contributed by atoms with Crippen LogP contribution in [0.1, 0.15) is 11.1 Å². The number of nitro groups is 1. The van der Waals surface area contributed by atoms with Crippen molar-refractivity contribution in [3.63, 3.8) is 0 Å². The summed E-state index contributed by atoms with van der Waals surface area (Å²) in [4.78, 5) is 10.1. The van der Waals surface area contributed by atoms with Crippen molar-refractivity contribution in [2.24, 2.45) is 0 Å². The average Bonchev–Trinajstić information content (AvgIpc) is 2.63. The van der Waals surface area contributed by atoms with E-state index >= 15 is 0 Å². The van der Waals surface area contributed by atoms with Crippen molar-refractivity contribution in [3.8, 4) is 0 Å². The molecule has 2 rings (SSSR count). The van der Waals surface area contributed by atoms with E-state index in [2.05, 4.69) is 21.0 Å². The van der Waals surface area contributed by atoms with Crippen LogP contribution in [0.5, 0.6) is 0 Å². The molecule has 0 atom stereocenters. The highest BCUT2D eigenvalue weighted by Crippen LogP contribution is 2.22. The monoisotopic (exact) mass is 295 g/mol. The number of halogens is 1. The summed E-state index contributed by atoms with van der Waals surface area (Å²) in [5.74, 6) is -0.155. The minimum Gasteiger partial charge on any atom is -0.358 e. The first-order chi connectivity index (χ1) is 8.06. The molecule has 2 aromatic rings. The van der Waals surface area contributed by atoms with Gasteiger partial charge in [-0.2, -0.15) is 4.68 Å². The number of aryl methyl sites for hydroxylation is 1. The highest BCUT2D eigenvalue weighted by molar-refractivity contribution is 9.10. The molecule has 0 radical (unpaired) electrons. The van der Waals surface area contributed by atoms with Crippen LogP contribution in [0.25, 0.3) is 0 Å². The summed E-state index contributed by atoms with van der Waals surface area (Å²) in [7, 11) is 0. The summed E-state index contributed by atoms with van der Waals surface area (Å²) in [6.07, 6.45) is 1.61. The fraction of sp³-hybridized carbons (Fsp3) is 0.182. The molecule has 0 saturated heterocycles. The number of nitrogens with zero attached hydrogens (tertiary/aromatic N) is 3. The van der Waals surface area contributed by atoms with E-state index in [1.807, 2.05) is 31.2 Å². The van der Waals surface area contributed by atoms with Gasteiger partial charge in [-0.15, -0.1) is 0 Å². The third-order valence-electron chi connectivity index (χ3n) is 2.34. The Kier molecular flexibility index (Phi) is 3.23. The van der Waals surface area contributed by atoms with Crippen LogP contribution in [-0.2, 0) is 6.54 Å². The van der Waals surface area contributed by atoms with Crippen LogP contribution in [0.4, 0.5) is 5.82 Å². The molecule has 5 nitrogen and oxygen atoms in total. The Morgan fingerprint density at radius 1 is 1.41 bits per heavy atom. The van der Waals surface area contributed by atoms with Gasteiger partial charge in [-0.3, -0.25) is 0 Å². The normalized spacial score (nSPS) is 10.5. The number of aromatic nitrogens is 2. The Morgan fingerprint density at radius 2 is 2.06 bits per heavy atom. The second-order valence-electron chi connectivity index (χ2n) is 3.74. The lowest BCUT2D eigenvalue weighted by molar-refractivity contribution is -0.390. The van der Waals surface area contributed by atoms with E-state index in [0.717, 1.165) is 5.56 Å². The number of benzene rings is 1. The highest BCUT2D eigenvalue weighted by atomic mass is 79.9. The van der Waals surface area contributed by atoms with Crippen molar-refractivity contribution in [1.29, 1.82) is 0 Å². The van der Waals surface area contributed by atoms with Gasteiger partial charge in [0, 0.05) is 0 Å². The Hall–Kier alpha value is -1.69. The van der Waals surface area contributed by atoms with E-state index in [9.17, 15) is 10.1 Å². The number of hydrogen-bond donors (Lipinski definition) is 0. The lowest BCUT2D eigenvalue weighted by Gasteiger charge is -1.98. The van der Waals surface area contributed by atoms with Gasteiger partial charge in [0.05, 0.1) is 17.8 Å². The summed E-state index contributed by atoms with van der Waals surface area (Å²) < 4.78 is 1.95. The summed E-state index contributed by atoms with van der Waals surface area (Å²) >= 11 is 3.12. The Morgan fingerprint density at radius 3 is 2.59 bits per heavy atom. The van der Waals surface area contributed by atoms with E-state index in [1.54, 1.807) is 10.9 Å². The van der Waals surface area contributed by atoms with E-state index in [-0.39, 0.29) is 5.82 Å². The lowest BCUT2D eigenvalue weighted by atomic mass is 10.1. The summed E-state index contributed by atoms with van der Waals surface area (Å²) in [5, 5.41) is 14.5.